The molecule has 0 radical (unpaired) electrons. The molecule has 0 bridgehead atoms. The van der Waals surface area contributed by atoms with Gasteiger partial charge in [0, 0.05) is 10.7 Å². The number of hydrogen-bond acceptors (Lipinski definition) is 3. The van der Waals surface area contributed by atoms with E-state index in [0.717, 1.165) is 17.4 Å². The second-order valence-corrected chi connectivity index (χ2v) is 5.68. The Labute approximate surface area is 143 Å². The van der Waals surface area contributed by atoms with Gasteiger partial charge in [0.1, 0.15) is 12.9 Å². The Morgan fingerprint density at radius 2 is 1.70 bits per heavy atom. The summed E-state index contributed by atoms with van der Waals surface area (Å²) in [6.45, 7) is 0.188. The van der Waals surface area contributed by atoms with Crippen LogP contribution in [-0.2, 0) is 16.1 Å². The normalized spacial score (nSPS) is 12.3. The van der Waals surface area contributed by atoms with Gasteiger partial charge in [-0.15, -0.1) is 0 Å². The van der Waals surface area contributed by atoms with Crippen molar-refractivity contribution in [3.8, 4) is 0 Å². The fraction of sp³-hybridized carbons (Fsp3) is 0.111. The van der Waals surface area contributed by atoms with Crippen LogP contribution >= 0.6 is 15.9 Å². The Morgan fingerprint density at radius 3 is 2.30 bits per heavy atom. The van der Waals surface area contributed by atoms with E-state index >= 15 is 0 Å². The van der Waals surface area contributed by atoms with Gasteiger partial charge in [-0.25, -0.2) is 4.79 Å². The maximum absolute atomic E-state index is 11.7. The van der Waals surface area contributed by atoms with Crippen LogP contribution in [0, 0.1) is 0 Å². The zero-order valence-corrected chi connectivity index (χ0v) is 13.9. The molecule has 0 fully saturated rings. The van der Waals surface area contributed by atoms with Crippen LogP contribution in [0.4, 0.5) is 4.79 Å². The number of hydrogen-bond donors (Lipinski definition) is 1. The van der Waals surface area contributed by atoms with Gasteiger partial charge in [-0.2, -0.15) is 0 Å². The lowest BCUT2D eigenvalue weighted by atomic mass is 10.0. The first-order chi connectivity index (χ1) is 11.2. The lowest BCUT2D eigenvalue weighted by Crippen LogP contribution is -2.19. The molecule has 0 unspecified atom stereocenters. The molecular weight excluding hydrogens is 358 g/mol. The van der Waals surface area contributed by atoms with Crippen LogP contribution in [0.3, 0.4) is 0 Å². The van der Waals surface area contributed by atoms with Crippen molar-refractivity contribution < 1.29 is 14.3 Å². The molecule has 4 nitrogen and oxygen atoms in total. The second kappa shape index (κ2) is 8.90. The topological polar surface area (TPSA) is 55.4 Å². The Balaban J connectivity index is 1.90. The first-order valence-corrected chi connectivity index (χ1v) is 7.83. The lowest BCUT2D eigenvalue weighted by molar-refractivity contribution is -0.108. The third kappa shape index (κ3) is 5.38. The van der Waals surface area contributed by atoms with Crippen molar-refractivity contribution >= 4 is 28.3 Å². The molecule has 1 amide bonds. The van der Waals surface area contributed by atoms with Gasteiger partial charge in [0.2, 0.25) is 0 Å². The summed E-state index contributed by atoms with van der Waals surface area (Å²) in [4.78, 5) is 23.0. The molecule has 0 saturated heterocycles. The van der Waals surface area contributed by atoms with Gasteiger partial charge in [-0.1, -0.05) is 76.6 Å². The summed E-state index contributed by atoms with van der Waals surface area (Å²) < 4.78 is 5.65. The van der Waals surface area contributed by atoms with Crippen molar-refractivity contribution in [1.82, 2.24) is 5.32 Å². The van der Waals surface area contributed by atoms with Crippen molar-refractivity contribution in [1.29, 1.82) is 0 Å². The summed E-state index contributed by atoms with van der Waals surface area (Å²) in [7, 11) is 0. The molecule has 5 heteroatoms. The van der Waals surface area contributed by atoms with Crippen molar-refractivity contribution in [2.24, 2.45) is 0 Å². The zero-order valence-electron chi connectivity index (χ0n) is 12.3. The van der Waals surface area contributed by atoms with Gasteiger partial charge in [0.15, 0.2) is 0 Å². The highest BCUT2D eigenvalue weighted by Gasteiger charge is 2.14. The largest absolute Gasteiger partial charge is 0.444 e. The van der Waals surface area contributed by atoms with E-state index in [-0.39, 0.29) is 6.61 Å². The van der Waals surface area contributed by atoms with Gasteiger partial charge in [0.05, 0.1) is 5.92 Å². The van der Waals surface area contributed by atoms with Gasteiger partial charge >= 0.3 is 6.09 Å². The van der Waals surface area contributed by atoms with E-state index in [1.807, 2.05) is 60.7 Å². The third-order valence-corrected chi connectivity index (χ3v) is 3.85. The molecule has 2 rings (SSSR count). The number of nitrogens with one attached hydrogen (secondary N) is 1. The standard InChI is InChI=1S/C18H16BrNO3/c19-17(16(12-21)15-9-5-2-6-10-15)11-20-18(22)23-13-14-7-3-1-4-8-14/h1-12,16H,13H2,(H,20,22)/t16-/m0/s1. The summed E-state index contributed by atoms with van der Waals surface area (Å²) in [6.07, 6.45) is 1.66. The predicted octanol–water partition coefficient (Wildman–Crippen LogP) is 4.13. The van der Waals surface area contributed by atoms with E-state index in [1.165, 1.54) is 6.20 Å². The highest BCUT2D eigenvalue weighted by atomic mass is 79.9. The lowest BCUT2D eigenvalue weighted by Gasteiger charge is -2.10. The first kappa shape index (κ1) is 17.0. The van der Waals surface area contributed by atoms with Crippen molar-refractivity contribution in [3.05, 3.63) is 82.5 Å². The summed E-state index contributed by atoms with van der Waals surface area (Å²) in [5.41, 5.74) is 1.74. The van der Waals surface area contributed by atoms with Crippen molar-refractivity contribution in [2.75, 3.05) is 0 Å². The number of aldehydes is 1. The number of carbonyl (C=O) groups is 2. The molecule has 0 aliphatic carbocycles. The van der Waals surface area contributed by atoms with E-state index in [2.05, 4.69) is 21.2 Å². The third-order valence-electron chi connectivity index (χ3n) is 3.13. The van der Waals surface area contributed by atoms with Gasteiger partial charge in [0.25, 0.3) is 0 Å². The molecule has 1 atom stereocenters. The number of ether oxygens (including phenoxy) is 1. The monoisotopic (exact) mass is 373 g/mol. The van der Waals surface area contributed by atoms with E-state index in [1.54, 1.807) is 0 Å². The maximum atomic E-state index is 11.7. The fourth-order valence-electron chi connectivity index (χ4n) is 1.95. The van der Waals surface area contributed by atoms with Crippen LogP contribution < -0.4 is 5.32 Å². The first-order valence-electron chi connectivity index (χ1n) is 7.03. The van der Waals surface area contributed by atoms with Crippen LogP contribution in [0.2, 0.25) is 0 Å². The summed E-state index contributed by atoms with van der Waals surface area (Å²) >= 11 is 3.33. The number of alkyl carbamates (subject to hydrolysis) is 1. The van der Waals surface area contributed by atoms with Crippen molar-refractivity contribution in [3.63, 3.8) is 0 Å². The second-order valence-electron chi connectivity index (χ2n) is 4.76. The number of amides is 1. The van der Waals surface area contributed by atoms with Gasteiger partial charge in [-0.05, 0) is 11.1 Å². The van der Waals surface area contributed by atoms with Crippen LogP contribution in [0.1, 0.15) is 17.0 Å². The SMILES string of the molecule is O=C[C@H](C(Br)=CNC(=O)OCc1ccccc1)c1ccccc1. The fourth-order valence-corrected chi connectivity index (χ4v) is 2.43. The van der Waals surface area contributed by atoms with E-state index < -0.39 is 12.0 Å². The summed E-state index contributed by atoms with van der Waals surface area (Å²) in [5, 5.41) is 2.51. The van der Waals surface area contributed by atoms with Crippen LogP contribution in [0.25, 0.3) is 0 Å². The molecule has 2 aromatic rings. The Kier molecular flexibility index (Phi) is 6.56. The molecule has 0 heterocycles. The predicted molar refractivity (Wildman–Crippen MR) is 92.0 cm³/mol. The Morgan fingerprint density at radius 1 is 1.09 bits per heavy atom. The average Bonchev–Trinajstić information content (AvgIpc) is 2.60. The molecule has 1 N–H and O–H groups in total. The molecule has 0 saturated carbocycles. The quantitative estimate of drug-likeness (QED) is 0.774. The summed E-state index contributed by atoms with van der Waals surface area (Å²) in [5.74, 6) is -0.467. The number of rotatable bonds is 6. The average molecular weight is 374 g/mol. The number of carbonyl (C=O) groups excluding carboxylic acids is 2. The molecule has 23 heavy (non-hydrogen) atoms. The number of halogens is 1. The van der Waals surface area contributed by atoms with Crippen LogP contribution in [0.5, 0.6) is 0 Å². The van der Waals surface area contributed by atoms with Crippen molar-refractivity contribution in [2.45, 2.75) is 12.5 Å². The van der Waals surface area contributed by atoms with Gasteiger partial charge < -0.3 is 9.53 Å². The summed E-state index contributed by atoms with van der Waals surface area (Å²) in [6, 6.07) is 18.7. The van der Waals surface area contributed by atoms with E-state index in [9.17, 15) is 9.59 Å². The molecule has 0 aliphatic heterocycles. The van der Waals surface area contributed by atoms with Crippen LogP contribution in [0.15, 0.2) is 71.3 Å². The maximum Gasteiger partial charge on any atom is 0.411 e. The van der Waals surface area contributed by atoms with E-state index in [4.69, 9.17) is 4.74 Å². The van der Waals surface area contributed by atoms with Gasteiger partial charge in [-0.3, -0.25) is 5.32 Å². The molecule has 0 aromatic heterocycles. The van der Waals surface area contributed by atoms with E-state index in [0.29, 0.717) is 4.48 Å². The molecule has 0 aliphatic rings. The smallest absolute Gasteiger partial charge is 0.411 e. The van der Waals surface area contributed by atoms with Crippen LogP contribution in [-0.4, -0.2) is 12.4 Å². The minimum Gasteiger partial charge on any atom is -0.444 e. The molecule has 2 aromatic carbocycles. The highest BCUT2D eigenvalue weighted by molar-refractivity contribution is 9.11. The Hall–Kier alpha value is -2.40. The minimum atomic E-state index is -0.580. The molecular formula is C18H16BrNO3. The number of benzene rings is 2. The zero-order chi connectivity index (χ0) is 16.5. The molecule has 0 spiro atoms. The molecule has 118 valence electrons. The highest BCUT2D eigenvalue weighted by Crippen LogP contribution is 2.26. The Bertz CT molecular complexity index is 671. The number of allylic oxidation sites excluding steroid dienone is 1. The minimum absolute atomic E-state index is 0.188.